The Morgan fingerprint density at radius 3 is 2.69 bits per heavy atom. The largest absolute Gasteiger partial charge is 0.352 e. The number of carbonyl (C=O) groups excluding carboxylic acids is 1. The van der Waals surface area contributed by atoms with Crippen LogP contribution in [0.3, 0.4) is 0 Å². The van der Waals surface area contributed by atoms with Crippen molar-refractivity contribution in [1.82, 2.24) is 19.9 Å². The van der Waals surface area contributed by atoms with Crippen LogP contribution in [-0.2, 0) is 6.54 Å². The molecule has 1 unspecified atom stereocenters. The minimum atomic E-state index is -0.0187. The molecule has 3 N–H and O–H groups in total. The Hall–Kier alpha value is -2.73. The Kier molecular flexibility index (Phi) is 6.99. The Bertz CT molecular complexity index is 964. The second-order valence-corrected chi connectivity index (χ2v) is 7.65. The highest BCUT2D eigenvalue weighted by atomic mass is 16.1. The van der Waals surface area contributed by atoms with Gasteiger partial charge in [-0.2, -0.15) is 0 Å². The molecule has 1 atom stereocenters. The lowest BCUT2D eigenvalue weighted by Gasteiger charge is -2.14. The van der Waals surface area contributed by atoms with Crippen LogP contribution in [0.5, 0.6) is 0 Å². The number of imidazole rings is 1. The predicted octanol–water partition coefficient (Wildman–Crippen LogP) is 3.71. The standard InChI is InChI=1S/C23H31N5O/c1-16(11-12-24)20-21-22(17(2)18(3)27-20)28(15-26-21)14-8-7-13-25-23(29)19-9-5-4-6-10-19/h4-6,9-10,15-16H,7-8,11-14,24H2,1-3H3,(H,25,29). The number of nitrogens with one attached hydrogen (secondary N) is 1. The summed E-state index contributed by atoms with van der Waals surface area (Å²) >= 11 is 0. The first kappa shape index (κ1) is 21.0. The number of carbonyl (C=O) groups is 1. The third-order valence-corrected chi connectivity index (χ3v) is 5.48. The first-order valence-electron chi connectivity index (χ1n) is 10.4. The summed E-state index contributed by atoms with van der Waals surface area (Å²) in [7, 11) is 0. The Labute approximate surface area is 172 Å². The molecule has 0 radical (unpaired) electrons. The molecule has 154 valence electrons. The van der Waals surface area contributed by atoms with E-state index in [9.17, 15) is 4.79 Å². The van der Waals surface area contributed by atoms with Crippen LogP contribution in [0.2, 0.25) is 0 Å². The minimum Gasteiger partial charge on any atom is -0.352 e. The lowest BCUT2D eigenvalue weighted by molar-refractivity contribution is 0.0953. The second kappa shape index (κ2) is 9.65. The highest BCUT2D eigenvalue weighted by molar-refractivity contribution is 5.94. The fourth-order valence-corrected chi connectivity index (χ4v) is 3.65. The Morgan fingerprint density at radius 2 is 1.97 bits per heavy atom. The molecule has 3 aromatic rings. The molecule has 2 heterocycles. The van der Waals surface area contributed by atoms with Crippen LogP contribution in [0.15, 0.2) is 36.7 Å². The molecule has 0 aliphatic heterocycles. The van der Waals surface area contributed by atoms with Gasteiger partial charge in [-0.3, -0.25) is 9.78 Å². The van der Waals surface area contributed by atoms with Crippen LogP contribution >= 0.6 is 0 Å². The van der Waals surface area contributed by atoms with Crippen molar-refractivity contribution >= 4 is 16.9 Å². The topological polar surface area (TPSA) is 85.8 Å². The minimum absolute atomic E-state index is 0.0187. The molecule has 29 heavy (non-hydrogen) atoms. The zero-order valence-electron chi connectivity index (χ0n) is 17.6. The van der Waals surface area contributed by atoms with Crippen LogP contribution < -0.4 is 11.1 Å². The average molecular weight is 394 g/mol. The maximum absolute atomic E-state index is 12.1. The van der Waals surface area contributed by atoms with Gasteiger partial charge in [0.05, 0.1) is 17.5 Å². The number of nitrogens with zero attached hydrogens (tertiary/aromatic N) is 3. The van der Waals surface area contributed by atoms with Crippen molar-refractivity contribution in [3.05, 3.63) is 59.2 Å². The summed E-state index contributed by atoms with van der Waals surface area (Å²) in [6.45, 7) is 8.51. The van der Waals surface area contributed by atoms with E-state index >= 15 is 0 Å². The number of amides is 1. The predicted molar refractivity (Wildman–Crippen MR) is 117 cm³/mol. The van der Waals surface area contributed by atoms with Crippen molar-refractivity contribution in [2.45, 2.75) is 52.5 Å². The summed E-state index contributed by atoms with van der Waals surface area (Å²) in [5, 5.41) is 2.99. The molecule has 2 aromatic heterocycles. The van der Waals surface area contributed by atoms with E-state index < -0.39 is 0 Å². The molecular weight excluding hydrogens is 362 g/mol. The molecule has 1 amide bonds. The van der Waals surface area contributed by atoms with Crippen molar-refractivity contribution in [3.63, 3.8) is 0 Å². The molecule has 0 saturated heterocycles. The number of fused-ring (bicyclic) bond motifs is 1. The number of hydrogen-bond acceptors (Lipinski definition) is 4. The molecule has 0 saturated carbocycles. The second-order valence-electron chi connectivity index (χ2n) is 7.65. The lowest BCUT2D eigenvalue weighted by Crippen LogP contribution is -2.24. The summed E-state index contributed by atoms with van der Waals surface area (Å²) in [4.78, 5) is 21.6. The number of nitrogens with two attached hydrogens (primary N) is 1. The first-order valence-corrected chi connectivity index (χ1v) is 10.4. The number of aromatic nitrogens is 3. The first-order chi connectivity index (χ1) is 14.0. The van der Waals surface area contributed by atoms with E-state index in [2.05, 4.69) is 35.6 Å². The van der Waals surface area contributed by atoms with Crippen LogP contribution in [0, 0.1) is 13.8 Å². The molecule has 6 nitrogen and oxygen atoms in total. The van der Waals surface area contributed by atoms with E-state index in [1.807, 2.05) is 36.7 Å². The van der Waals surface area contributed by atoms with Crippen molar-refractivity contribution in [3.8, 4) is 0 Å². The highest BCUT2D eigenvalue weighted by Gasteiger charge is 2.18. The zero-order valence-corrected chi connectivity index (χ0v) is 17.6. The number of aryl methyl sites for hydroxylation is 3. The third-order valence-electron chi connectivity index (χ3n) is 5.48. The van der Waals surface area contributed by atoms with Gasteiger partial charge in [-0.15, -0.1) is 0 Å². The smallest absolute Gasteiger partial charge is 0.251 e. The third kappa shape index (κ3) is 4.82. The molecular formula is C23H31N5O. The van der Waals surface area contributed by atoms with E-state index in [0.717, 1.165) is 42.7 Å². The molecule has 6 heteroatoms. The number of benzene rings is 1. The van der Waals surface area contributed by atoms with Crippen LogP contribution in [0.25, 0.3) is 11.0 Å². The Balaban J connectivity index is 1.63. The summed E-state index contributed by atoms with van der Waals surface area (Å²) in [6, 6.07) is 9.32. The molecule has 0 bridgehead atoms. The van der Waals surface area contributed by atoms with Crippen LogP contribution in [0.1, 0.15) is 59.4 Å². The molecule has 0 aliphatic carbocycles. The van der Waals surface area contributed by atoms with Gasteiger partial charge >= 0.3 is 0 Å². The van der Waals surface area contributed by atoms with Gasteiger partial charge in [0.2, 0.25) is 0 Å². The van der Waals surface area contributed by atoms with E-state index in [1.165, 1.54) is 11.1 Å². The van der Waals surface area contributed by atoms with E-state index in [-0.39, 0.29) is 5.91 Å². The lowest BCUT2D eigenvalue weighted by atomic mass is 10.00. The van der Waals surface area contributed by atoms with Crippen LogP contribution in [0.4, 0.5) is 0 Å². The summed E-state index contributed by atoms with van der Waals surface area (Å²) in [5.74, 6) is 0.271. The van der Waals surface area contributed by atoms with Crippen molar-refractivity contribution in [1.29, 1.82) is 0 Å². The van der Waals surface area contributed by atoms with Gasteiger partial charge in [0.1, 0.15) is 5.52 Å². The van der Waals surface area contributed by atoms with Crippen LogP contribution in [-0.4, -0.2) is 33.5 Å². The molecule has 0 aliphatic rings. The van der Waals surface area contributed by atoms with Gasteiger partial charge in [-0.25, -0.2) is 4.98 Å². The normalized spacial score (nSPS) is 12.3. The van der Waals surface area contributed by atoms with Gasteiger partial charge in [0.15, 0.2) is 0 Å². The monoisotopic (exact) mass is 393 g/mol. The van der Waals surface area contributed by atoms with Crippen molar-refractivity contribution in [2.75, 3.05) is 13.1 Å². The van der Waals surface area contributed by atoms with Gasteiger partial charge in [-0.1, -0.05) is 25.1 Å². The number of rotatable bonds is 9. The molecule has 1 aromatic carbocycles. The molecule has 0 spiro atoms. The number of unbranched alkanes of at least 4 members (excludes halogenated alkanes) is 1. The number of hydrogen-bond donors (Lipinski definition) is 2. The maximum atomic E-state index is 12.1. The Morgan fingerprint density at radius 1 is 1.21 bits per heavy atom. The van der Waals surface area contributed by atoms with E-state index in [0.29, 0.717) is 24.6 Å². The fourth-order valence-electron chi connectivity index (χ4n) is 3.65. The van der Waals surface area contributed by atoms with Gasteiger partial charge in [0, 0.05) is 30.3 Å². The summed E-state index contributed by atoms with van der Waals surface area (Å²) in [5.41, 5.74) is 11.9. The van der Waals surface area contributed by atoms with Crippen molar-refractivity contribution < 1.29 is 4.79 Å². The molecule has 3 rings (SSSR count). The fraction of sp³-hybridized carbons (Fsp3) is 0.435. The molecule has 0 fully saturated rings. The highest BCUT2D eigenvalue weighted by Crippen LogP contribution is 2.28. The zero-order chi connectivity index (χ0) is 20.8. The van der Waals surface area contributed by atoms with E-state index in [4.69, 9.17) is 10.7 Å². The van der Waals surface area contributed by atoms with E-state index in [1.54, 1.807) is 0 Å². The average Bonchev–Trinajstić information content (AvgIpc) is 3.15. The summed E-state index contributed by atoms with van der Waals surface area (Å²) < 4.78 is 2.22. The summed E-state index contributed by atoms with van der Waals surface area (Å²) in [6.07, 6.45) is 4.70. The number of pyridine rings is 1. The van der Waals surface area contributed by atoms with Crippen molar-refractivity contribution in [2.24, 2.45) is 5.73 Å². The maximum Gasteiger partial charge on any atom is 0.251 e. The van der Waals surface area contributed by atoms with Gasteiger partial charge in [0.25, 0.3) is 5.91 Å². The van der Waals surface area contributed by atoms with Gasteiger partial charge < -0.3 is 15.6 Å². The van der Waals surface area contributed by atoms with Gasteiger partial charge in [-0.05, 0) is 57.4 Å². The quantitative estimate of drug-likeness (QED) is 0.543. The SMILES string of the molecule is Cc1nc(C(C)CCN)c2ncn(CCCCNC(=O)c3ccccc3)c2c1C.